The summed E-state index contributed by atoms with van der Waals surface area (Å²) in [7, 11) is 0. The Kier molecular flexibility index (Phi) is 4.88. The van der Waals surface area contributed by atoms with Crippen molar-refractivity contribution in [2.45, 2.75) is 46.1 Å². The summed E-state index contributed by atoms with van der Waals surface area (Å²) in [6.45, 7) is 6.24. The quantitative estimate of drug-likeness (QED) is 0.603. The summed E-state index contributed by atoms with van der Waals surface area (Å²) in [6, 6.07) is 10.1. The molecule has 0 spiro atoms. The SMILES string of the molecule is CCc1cc(Br)cc(CC)c1NC(=O)c1cn2c3c(cccc3c1=O)C[C@H]2C. The summed E-state index contributed by atoms with van der Waals surface area (Å²) in [5, 5.41) is 3.66. The van der Waals surface area contributed by atoms with Crippen LogP contribution >= 0.6 is 15.9 Å². The predicted octanol–water partition coefficient (Wildman–Crippen LogP) is 5.26. The molecule has 0 unspecified atom stereocenters. The Balaban J connectivity index is 1.83. The fraction of sp³-hybridized carbons (Fsp3) is 0.304. The van der Waals surface area contributed by atoms with E-state index in [0.717, 1.165) is 46.1 Å². The number of benzene rings is 2. The smallest absolute Gasteiger partial charge is 0.261 e. The van der Waals surface area contributed by atoms with E-state index in [1.807, 2.05) is 24.3 Å². The van der Waals surface area contributed by atoms with Crippen molar-refractivity contribution in [1.29, 1.82) is 0 Å². The molecule has 144 valence electrons. The number of nitrogens with one attached hydrogen (secondary N) is 1. The maximum absolute atomic E-state index is 13.2. The summed E-state index contributed by atoms with van der Waals surface area (Å²) < 4.78 is 3.07. The maximum atomic E-state index is 13.2. The highest BCUT2D eigenvalue weighted by molar-refractivity contribution is 9.10. The van der Waals surface area contributed by atoms with E-state index in [0.29, 0.717) is 5.39 Å². The third-order valence-electron chi connectivity index (χ3n) is 5.64. The molecule has 1 aliphatic rings. The second-order valence-electron chi connectivity index (χ2n) is 7.41. The van der Waals surface area contributed by atoms with Crippen LogP contribution in [-0.4, -0.2) is 10.5 Å². The van der Waals surface area contributed by atoms with Crippen LogP contribution in [-0.2, 0) is 19.3 Å². The third-order valence-corrected chi connectivity index (χ3v) is 6.09. The molecule has 0 saturated heterocycles. The number of pyridine rings is 1. The van der Waals surface area contributed by atoms with Gasteiger partial charge >= 0.3 is 0 Å². The number of para-hydroxylation sites is 1. The molecule has 5 heteroatoms. The predicted molar refractivity (Wildman–Crippen MR) is 117 cm³/mol. The van der Waals surface area contributed by atoms with E-state index in [9.17, 15) is 9.59 Å². The molecule has 4 nitrogen and oxygen atoms in total. The number of halogens is 1. The van der Waals surface area contributed by atoms with E-state index in [1.54, 1.807) is 6.20 Å². The van der Waals surface area contributed by atoms with E-state index in [2.05, 4.69) is 52.7 Å². The average Bonchev–Trinajstić information content (AvgIpc) is 3.01. The molecule has 1 amide bonds. The van der Waals surface area contributed by atoms with Crippen molar-refractivity contribution in [2.24, 2.45) is 0 Å². The van der Waals surface area contributed by atoms with Crippen LogP contribution in [0.2, 0.25) is 0 Å². The molecule has 0 aliphatic carbocycles. The van der Waals surface area contributed by atoms with Crippen molar-refractivity contribution in [3.63, 3.8) is 0 Å². The Morgan fingerprint density at radius 1 is 1.21 bits per heavy atom. The standard InChI is InChI=1S/C23H23BrN2O2/c1-4-14-10-17(24)11-15(5-2)20(14)25-23(28)19-12-26-13(3)9-16-7-6-8-18(21(16)26)22(19)27/h6-8,10-13H,4-5,9H2,1-3H3,(H,25,28)/t13-/m1/s1. The first-order chi connectivity index (χ1) is 13.4. The van der Waals surface area contributed by atoms with Gasteiger partial charge in [0.15, 0.2) is 0 Å². The summed E-state index contributed by atoms with van der Waals surface area (Å²) >= 11 is 3.54. The number of carbonyl (C=O) groups excluding carboxylic acids is 1. The molecule has 28 heavy (non-hydrogen) atoms. The number of amides is 1. The lowest BCUT2D eigenvalue weighted by Gasteiger charge is -2.17. The van der Waals surface area contributed by atoms with Crippen LogP contribution in [0.3, 0.4) is 0 Å². The third kappa shape index (κ3) is 2.98. The molecule has 1 atom stereocenters. The van der Waals surface area contributed by atoms with Crippen molar-refractivity contribution in [2.75, 3.05) is 5.32 Å². The van der Waals surface area contributed by atoms with Crippen molar-refractivity contribution < 1.29 is 4.79 Å². The van der Waals surface area contributed by atoms with Crippen LogP contribution in [0.15, 0.2) is 45.8 Å². The highest BCUT2D eigenvalue weighted by atomic mass is 79.9. The van der Waals surface area contributed by atoms with Crippen LogP contribution < -0.4 is 10.7 Å². The molecular formula is C23H23BrN2O2. The molecule has 1 N–H and O–H groups in total. The maximum Gasteiger partial charge on any atom is 0.261 e. The van der Waals surface area contributed by atoms with Crippen molar-refractivity contribution in [3.8, 4) is 0 Å². The van der Waals surface area contributed by atoms with Gasteiger partial charge in [-0.1, -0.05) is 41.9 Å². The van der Waals surface area contributed by atoms with Gasteiger partial charge in [0, 0.05) is 27.8 Å². The average molecular weight is 439 g/mol. The van der Waals surface area contributed by atoms with Gasteiger partial charge in [0.05, 0.1) is 5.52 Å². The zero-order chi connectivity index (χ0) is 20.0. The van der Waals surface area contributed by atoms with Crippen LogP contribution in [0.25, 0.3) is 10.9 Å². The minimum Gasteiger partial charge on any atom is -0.343 e. The molecule has 4 rings (SSSR count). The molecule has 2 heterocycles. The number of hydrogen-bond donors (Lipinski definition) is 1. The first kappa shape index (κ1) is 18.9. The van der Waals surface area contributed by atoms with Gasteiger partial charge in [-0.15, -0.1) is 0 Å². The van der Waals surface area contributed by atoms with Crippen molar-refractivity contribution in [3.05, 3.63) is 73.5 Å². The topological polar surface area (TPSA) is 51.1 Å². The Morgan fingerprint density at radius 2 is 1.89 bits per heavy atom. The van der Waals surface area contributed by atoms with E-state index in [1.165, 1.54) is 5.56 Å². The van der Waals surface area contributed by atoms with Gasteiger partial charge in [0.25, 0.3) is 5.91 Å². The van der Waals surface area contributed by atoms with E-state index in [-0.39, 0.29) is 22.9 Å². The lowest BCUT2D eigenvalue weighted by atomic mass is 10.0. The largest absolute Gasteiger partial charge is 0.343 e. The number of hydrogen-bond acceptors (Lipinski definition) is 2. The normalized spacial score (nSPS) is 15.2. The van der Waals surface area contributed by atoms with E-state index >= 15 is 0 Å². The van der Waals surface area contributed by atoms with E-state index in [4.69, 9.17) is 0 Å². The van der Waals surface area contributed by atoms with Gasteiger partial charge < -0.3 is 9.88 Å². The first-order valence-corrected chi connectivity index (χ1v) is 10.5. The van der Waals surface area contributed by atoms with Crippen LogP contribution in [0, 0.1) is 0 Å². The minimum atomic E-state index is -0.341. The highest BCUT2D eigenvalue weighted by Crippen LogP contribution is 2.32. The van der Waals surface area contributed by atoms with Crippen molar-refractivity contribution >= 4 is 38.4 Å². The summed E-state index contributed by atoms with van der Waals surface area (Å²) in [4.78, 5) is 26.2. The van der Waals surface area contributed by atoms with Gasteiger partial charge in [-0.2, -0.15) is 0 Å². The van der Waals surface area contributed by atoms with Crippen molar-refractivity contribution in [1.82, 2.24) is 4.57 Å². The van der Waals surface area contributed by atoms with E-state index < -0.39 is 0 Å². The number of carbonyl (C=O) groups is 1. The molecular weight excluding hydrogens is 416 g/mol. The molecule has 1 aliphatic heterocycles. The molecule has 0 bridgehead atoms. The van der Waals surface area contributed by atoms with Crippen LogP contribution in [0.1, 0.15) is 53.9 Å². The number of rotatable bonds is 4. The highest BCUT2D eigenvalue weighted by Gasteiger charge is 2.25. The summed E-state index contributed by atoms with van der Waals surface area (Å²) in [5.41, 5.74) is 5.06. The summed E-state index contributed by atoms with van der Waals surface area (Å²) in [5.74, 6) is -0.341. The Labute approximate surface area is 172 Å². The second-order valence-corrected chi connectivity index (χ2v) is 8.32. The zero-order valence-corrected chi connectivity index (χ0v) is 17.9. The summed E-state index contributed by atoms with van der Waals surface area (Å²) in [6.07, 6.45) is 4.21. The lowest BCUT2D eigenvalue weighted by molar-refractivity contribution is 0.102. The molecule has 2 aromatic carbocycles. The van der Waals surface area contributed by atoms with Gasteiger partial charge in [0.2, 0.25) is 5.43 Å². The van der Waals surface area contributed by atoms with Crippen LogP contribution in [0.4, 0.5) is 5.69 Å². The molecule has 0 fully saturated rings. The number of aromatic nitrogens is 1. The monoisotopic (exact) mass is 438 g/mol. The molecule has 0 radical (unpaired) electrons. The number of aryl methyl sites for hydroxylation is 2. The number of anilines is 1. The molecule has 1 aromatic heterocycles. The Hall–Kier alpha value is -2.40. The zero-order valence-electron chi connectivity index (χ0n) is 16.3. The molecule has 3 aromatic rings. The minimum absolute atomic E-state index is 0.199. The fourth-order valence-electron chi connectivity index (χ4n) is 4.20. The van der Waals surface area contributed by atoms with Crippen LogP contribution in [0.5, 0.6) is 0 Å². The van der Waals surface area contributed by atoms with Gasteiger partial charge in [0.1, 0.15) is 5.56 Å². The Bertz CT molecular complexity index is 1140. The lowest BCUT2D eigenvalue weighted by Crippen LogP contribution is -2.24. The Morgan fingerprint density at radius 3 is 2.54 bits per heavy atom. The van der Waals surface area contributed by atoms with Gasteiger partial charge in [-0.3, -0.25) is 9.59 Å². The number of nitrogens with zero attached hydrogens (tertiary/aromatic N) is 1. The van der Waals surface area contributed by atoms with Gasteiger partial charge in [-0.05, 0) is 61.1 Å². The fourth-order valence-corrected chi connectivity index (χ4v) is 4.75. The second kappa shape index (κ2) is 7.21. The first-order valence-electron chi connectivity index (χ1n) is 9.74. The van der Waals surface area contributed by atoms with Gasteiger partial charge in [-0.25, -0.2) is 0 Å². The molecule has 0 saturated carbocycles.